The van der Waals surface area contributed by atoms with E-state index in [1.165, 1.54) is 6.07 Å². The van der Waals surface area contributed by atoms with E-state index in [2.05, 4.69) is 22.0 Å². The number of benzene rings is 1. The number of halogens is 3. The molecule has 39 heavy (non-hydrogen) atoms. The number of hydrogen-bond acceptors (Lipinski definition) is 6. The summed E-state index contributed by atoms with van der Waals surface area (Å²) in [4.78, 5) is 8.90. The highest BCUT2D eigenvalue weighted by molar-refractivity contribution is 5.63. The highest BCUT2D eigenvalue weighted by Gasteiger charge is 2.42. The van der Waals surface area contributed by atoms with Crippen LogP contribution in [0, 0.1) is 17.6 Å². The predicted octanol–water partition coefficient (Wildman–Crippen LogP) is 4.71. The molecule has 3 aromatic heterocycles. The van der Waals surface area contributed by atoms with Gasteiger partial charge in [0.15, 0.2) is 5.67 Å². The summed E-state index contributed by atoms with van der Waals surface area (Å²) < 4.78 is 57.0. The molecular weight excluding hydrogens is 507 g/mol. The van der Waals surface area contributed by atoms with Crippen molar-refractivity contribution < 1.29 is 22.6 Å². The Morgan fingerprint density at radius 2 is 1.90 bits per heavy atom. The molecule has 2 aliphatic rings. The predicted molar refractivity (Wildman–Crippen MR) is 139 cm³/mol. The number of methoxy groups -OCH3 is 1. The van der Waals surface area contributed by atoms with E-state index >= 15 is 8.78 Å². The highest BCUT2D eigenvalue weighted by Crippen LogP contribution is 2.39. The second-order valence-electron chi connectivity index (χ2n) is 10.8. The van der Waals surface area contributed by atoms with E-state index in [1.807, 2.05) is 12.3 Å². The maximum Gasteiger partial charge on any atom is 0.182 e. The van der Waals surface area contributed by atoms with Crippen LogP contribution in [0.1, 0.15) is 48.2 Å². The number of nitrogens with two attached hydrogens (primary N) is 1. The number of pyridine rings is 1. The van der Waals surface area contributed by atoms with Crippen LogP contribution in [-0.2, 0) is 21.6 Å². The first kappa shape index (κ1) is 25.9. The Morgan fingerprint density at radius 3 is 2.56 bits per heavy atom. The third kappa shape index (κ3) is 4.60. The van der Waals surface area contributed by atoms with Gasteiger partial charge in [0.05, 0.1) is 42.3 Å². The molecule has 4 heterocycles. The molecule has 0 unspecified atom stereocenters. The summed E-state index contributed by atoms with van der Waals surface area (Å²) in [5, 5.41) is 4.54. The quantitative estimate of drug-likeness (QED) is 0.383. The number of hydrogen-bond donors (Lipinski definition) is 1. The van der Waals surface area contributed by atoms with Gasteiger partial charge in [0.25, 0.3) is 0 Å². The van der Waals surface area contributed by atoms with Crippen molar-refractivity contribution in [3.05, 3.63) is 83.1 Å². The minimum absolute atomic E-state index is 0.0257. The van der Waals surface area contributed by atoms with Crippen molar-refractivity contribution in [1.29, 1.82) is 0 Å². The summed E-state index contributed by atoms with van der Waals surface area (Å²) in [5.41, 5.74) is 7.11. The van der Waals surface area contributed by atoms with E-state index in [9.17, 15) is 4.39 Å². The summed E-state index contributed by atoms with van der Waals surface area (Å²) in [6.45, 7) is 1.72. The minimum atomic E-state index is -1.87. The molecule has 0 amide bonds. The lowest BCUT2D eigenvalue weighted by Gasteiger charge is -2.38. The fraction of sp³-hybridized carbons (Fsp3) is 0.414. The first-order valence-corrected chi connectivity index (χ1v) is 13.1. The molecule has 2 N–H and O–H groups in total. The van der Waals surface area contributed by atoms with E-state index in [1.54, 1.807) is 30.1 Å². The Bertz CT molecular complexity index is 1490. The maximum atomic E-state index is 15.1. The molecule has 7 nitrogen and oxygen atoms in total. The molecule has 1 aliphatic heterocycles. The van der Waals surface area contributed by atoms with Gasteiger partial charge in [0.1, 0.15) is 17.5 Å². The van der Waals surface area contributed by atoms with Crippen LogP contribution in [0.5, 0.6) is 0 Å². The molecule has 0 bridgehead atoms. The smallest absolute Gasteiger partial charge is 0.182 e. The van der Waals surface area contributed by atoms with Crippen molar-refractivity contribution in [3.63, 3.8) is 0 Å². The zero-order valence-corrected chi connectivity index (χ0v) is 21.8. The van der Waals surface area contributed by atoms with Crippen LogP contribution in [0.3, 0.4) is 0 Å². The molecule has 1 saturated carbocycles. The van der Waals surface area contributed by atoms with Crippen molar-refractivity contribution in [2.75, 3.05) is 20.3 Å². The summed E-state index contributed by atoms with van der Waals surface area (Å²) in [7, 11) is 1.71. The lowest BCUT2D eigenvalue weighted by atomic mass is 9.74. The Kier molecular flexibility index (Phi) is 6.65. The summed E-state index contributed by atoms with van der Waals surface area (Å²) in [5.74, 6) is -0.601. The lowest BCUT2D eigenvalue weighted by Crippen LogP contribution is -2.45. The Labute approximate surface area is 224 Å². The second-order valence-corrected chi connectivity index (χ2v) is 10.8. The topological polar surface area (TPSA) is 87.6 Å². The monoisotopic (exact) mass is 537 g/mol. The first-order valence-electron chi connectivity index (χ1n) is 13.1. The van der Waals surface area contributed by atoms with Crippen LogP contribution in [-0.4, -0.2) is 52.1 Å². The van der Waals surface area contributed by atoms with Crippen LogP contribution in [0.25, 0.3) is 16.8 Å². The number of imidazole rings is 1. The molecule has 0 spiro atoms. The van der Waals surface area contributed by atoms with E-state index in [0.717, 1.165) is 36.1 Å². The van der Waals surface area contributed by atoms with Gasteiger partial charge in [-0.25, -0.2) is 22.7 Å². The fourth-order valence-corrected chi connectivity index (χ4v) is 6.09. The van der Waals surface area contributed by atoms with Gasteiger partial charge in [-0.2, -0.15) is 5.10 Å². The average Bonchev–Trinajstić information content (AvgIpc) is 3.29. The number of fused-ring (bicyclic) bond motifs is 1. The first-order chi connectivity index (χ1) is 18.8. The second kappa shape index (κ2) is 10.0. The average molecular weight is 538 g/mol. The molecule has 4 atom stereocenters. The standard InChI is InChI=1S/C29H30F3N5O2/c1-16-7-17(8-24(33)28(16)38-2)21-5-6-34-12-18(21)9-26-35-13-20-3-4-25(36-37(20)26)27-22(30)10-19(11-23(27)31)29(32)14-39-15-29/h3-6,10-13,16-17,24,28H,7-9,14-15,33H2,1-2H3/t16-,17+,24+,28+/m0/s1. The fourth-order valence-electron chi connectivity index (χ4n) is 6.09. The summed E-state index contributed by atoms with van der Waals surface area (Å²) in [6.07, 6.45) is 7.47. The van der Waals surface area contributed by atoms with Crippen LogP contribution in [0.4, 0.5) is 13.2 Å². The van der Waals surface area contributed by atoms with Crippen molar-refractivity contribution in [1.82, 2.24) is 19.6 Å². The van der Waals surface area contributed by atoms with E-state index in [0.29, 0.717) is 23.7 Å². The van der Waals surface area contributed by atoms with Crippen LogP contribution >= 0.6 is 0 Å². The highest BCUT2D eigenvalue weighted by atomic mass is 19.1. The summed E-state index contributed by atoms with van der Waals surface area (Å²) in [6, 6.07) is 7.24. The van der Waals surface area contributed by atoms with Crippen molar-refractivity contribution in [2.24, 2.45) is 11.7 Å². The van der Waals surface area contributed by atoms with E-state index in [4.69, 9.17) is 15.2 Å². The minimum Gasteiger partial charge on any atom is -0.380 e. The largest absolute Gasteiger partial charge is 0.380 e. The number of alkyl halides is 1. The molecule has 4 aromatic rings. The van der Waals surface area contributed by atoms with Gasteiger partial charge in [-0.1, -0.05) is 6.92 Å². The van der Waals surface area contributed by atoms with Gasteiger partial charge >= 0.3 is 0 Å². The van der Waals surface area contributed by atoms with Gasteiger partial charge in [0.2, 0.25) is 0 Å². The summed E-state index contributed by atoms with van der Waals surface area (Å²) >= 11 is 0. The zero-order valence-electron chi connectivity index (χ0n) is 21.8. The molecule has 2 fully saturated rings. The van der Waals surface area contributed by atoms with Crippen LogP contribution < -0.4 is 5.73 Å². The molecule has 0 radical (unpaired) electrons. The molecule has 1 saturated heterocycles. The van der Waals surface area contributed by atoms with E-state index < -0.39 is 17.3 Å². The Balaban J connectivity index is 1.32. The number of ether oxygens (including phenoxy) is 2. The normalized spacial score (nSPS) is 24.6. The number of nitrogens with zero attached hydrogens (tertiary/aromatic N) is 4. The van der Waals surface area contributed by atoms with Gasteiger partial charge in [-0.15, -0.1) is 0 Å². The number of aromatic nitrogens is 4. The number of rotatable bonds is 6. The van der Waals surface area contributed by atoms with Crippen molar-refractivity contribution in [2.45, 2.75) is 49.9 Å². The molecule has 1 aliphatic carbocycles. The molecule has 10 heteroatoms. The van der Waals surface area contributed by atoms with Crippen molar-refractivity contribution >= 4 is 5.52 Å². The maximum absolute atomic E-state index is 15.1. The van der Waals surface area contributed by atoms with Gasteiger partial charge in [-0.05, 0) is 71.7 Å². The lowest BCUT2D eigenvalue weighted by molar-refractivity contribution is -0.135. The Morgan fingerprint density at radius 1 is 1.13 bits per heavy atom. The van der Waals surface area contributed by atoms with Crippen molar-refractivity contribution in [3.8, 4) is 11.3 Å². The third-order valence-corrected chi connectivity index (χ3v) is 8.13. The molecule has 1 aromatic carbocycles. The third-order valence-electron chi connectivity index (χ3n) is 8.13. The molecular formula is C29H30F3N5O2. The zero-order chi connectivity index (χ0) is 27.3. The molecule has 204 valence electrons. The van der Waals surface area contributed by atoms with Gasteiger partial charge < -0.3 is 15.2 Å². The SMILES string of the molecule is CO[C@H]1[C@H](N)C[C@H](c2ccncc2Cc2ncc3ccc(-c4c(F)cc(C5(F)COC5)cc4F)nn23)C[C@@H]1C. The van der Waals surface area contributed by atoms with Crippen LogP contribution in [0.2, 0.25) is 0 Å². The molecule has 6 rings (SSSR count). The Hall–Kier alpha value is -3.34. The van der Waals surface area contributed by atoms with Crippen LogP contribution in [0.15, 0.2) is 48.9 Å². The van der Waals surface area contributed by atoms with E-state index in [-0.39, 0.29) is 48.1 Å². The van der Waals surface area contributed by atoms with Gasteiger partial charge in [0, 0.05) is 32.0 Å². The van der Waals surface area contributed by atoms with Gasteiger partial charge in [-0.3, -0.25) is 4.98 Å².